The van der Waals surface area contributed by atoms with E-state index in [0.717, 1.165) is 0 Å². The summed E-state index contributed by atoms with van der Waals surface area (Å²) < 4.78 is 28.1. The van der Waals surface area contributed by atoms with Gasteiger partial charge in [0.15, 0.2) is 23.0 Å². The fraction of sp³-hybridized carbons (Fsp3) is 0.273. The molecule has 0 N–H and O–H groups in total. The van der Waals surface area contributed by atoms with Gasteiger partial charge in [-0.2, -0.15) is 0 Å². The number of rotatable bonds is 14. The number of hydrogen-bond donors (Lipinski definition) is 0. The highest BCUT2D eigenvalue weighted by atomic mass is 16.6. The van der Waals surface area contributed by atoms with E-state index in [2.05, 4.69) is 13.2 Å². The molecule has 5 heteroatoms. The fourth-order valence-electron chi connectivity index (χ4n) is 2.20. The first-order valence-corrected chi connectivity index (χ1v) is 8.84. The second kappa shape index (κ2) is 12.4. The van der Waals surface area contributed by atoms with Crippen molar-refractivity contribution in [1.82, 2.24) is 0 Å². The first-order valence-electron chi connectivity index (χ1n) is 8.84. The molecule has 0 fully saturated rings. The topological polar surface area (TPSA) is 46.2 Å². The molecule has 0 aliphatic heterocycles. The molecule has 0 saturated carbocycles. The summed E-state index contributed by atoms with van der Waals surface area (Å²) in [7, 11) is 0. The van der Waals surface area contributed by atoms with E-state index >= 15 is 0 Å². The quantitative estimate of drug-likeness (QED) is 0.367. The Labute approximate surface area is 160 Å². The van der Waals surface area contributed by atoms with Crippen LogP contribution in [0.4, 0.5) is 0 Å². The predicted molar refractivity (Wildman–Crippen MR) is 106 cm³/mol. The van der Waals surface area contributed by atoms with Crippen molar-refractivity contribution in [3.05, 3.63) is 73.8 Å². The van der Waals surface area contributed by atoms with Crippen LogP contribution in [0.15, 0.2) is 73.8 Å². The van der Waals surface area contributed by atoms with Crippen molar-refractivity contribution < 1.29 is 23.7 Å². The zero-order valence-corrected chi connectivity index (χ0v) is 15.5. The molecule has 0 aromatic heterocycles. The smallest absolute Gasteiger partial charge is 0.161 e. The van der Waals surface area contributed by atoms with Gasteiger partial charge in [0.25, 0.3) is 0 Å². The largest absolute Gasteiger partial charge is 0.487 e. The van der Waals surface area contributed by atoms with Crippen LogP contribution in [0.2, 0.25) is 0 Å². The maximum atomic E-state index is 5.71. The minimum absolute atomic E-state index is 0.424. The van der Waals surface area contributed by atoms with Crippen LogP contribution >= 0.6 is 0 Å². The SMILES string of the molecule is C=CCOc1ccccc1OCCOCCOc1ccccc1OCC=C. The number of para-hydroxylation sites is 4. The van der Waals surface area contributed by atoms with Crippen molar-refractivity contribution in [2.75, 3.05) is 39.6 Å². The summed E-state index contributed by atoms with van der Waals surface area (Å²) in [4.78, 5) is 0. The Hall–Kier alpha value is -2.92. The average molecular weight is 370 g/mol. The molecule has 27 heavy (non-hydrogen) atoms. The summed E-state index contributed by atoms with van der Waals surface area (Å²) in [6.45, 7) is 9.91. The van der Waals surface area contributed by atoms with Crippen LogP contribution in [0.3, 0.4) is 0 Å². The van der Waals surface area contributed by atoms with E-state index in [1.54, 1.807) is 12.2 Å². The Morgan fingerprint density at radius 3 is 1.30 bits per heavy atom. The molecule has 0 saturated heterocycles. The third-order valence-corrected chi connectivity index (χ3v) is 3.38. The lowest BCUT2D eigenvalue weighted by Gasteiger charge is -2.13. The second-order valence-electron chi connectivity index (χ2n) is 5.40. The molecule has 0 unspecified atom stereocenters. The van der Waals surface area contributed by atoms with Crippen LogP contribution in [0.1, 0.15) is 0 Å². The minimum atomic E-state index is 0.424. The highest BCUT2D eigenvalue weighted by Crippen LogP contribution is 2.27. The van der Waals surface area contributed by atoms with Gasteiger partial charge < -0.3 is 23.7 Å². The van der Waals surface area contributed by atoms with E-state index in [1.807, 2.05) is 48.5 Å². The van der Waals surface area contributed by atoms with Crippen LogP contribution in [0.5, 0.6) is 23.0 Å². The van der Waals surface area contributed by atoms with Crippen LogP contribution in [0.25, 0.3) is 0 Å². The highest BCUT2D eigenvalue weighted by molar-refractivity contribution is 5.40. The van der Waals surface area contributed by atoms with Gasteiger partial charge in [-0.25, -0.2) is 0 Å². The second-order valence-corrected chi connectivity index (χ2v) is 5.40. The van der Waals surface area contributed by atoms with Crippen LogP contribution in [-0.4, -0.2) is 39.6 Å². The average Bonchev–Trinajstić information content (AvgIpc) is 2.71. The Kier molecular flexibility index (Phi) is 9.39. The van der Waals surface area contributed by atoms with Gasteiger partial charge in [0, 0.05) is 0 Å². The van der Waals surface area contributed by atoms with Gasteiger partial charge in [-0.1, -0.05) is 49.6 Å². The molecule has 0 bridgehead atoms. The van der Waals surface area contributed by atoms with Crippen molar-refractivity contribution in [3.8, 4) is 23.0 Å². The molecule has 144 valence electrons. The van der Waals surface area contributed by atoms with Crippen LogP contribution < -0.4 is 18.9 Å². The number of benzene rings is 2. The van der Waals surface area contributed by atoms with Crippen molar-refractivity contribution in [2.24, 2.45) is 0 Å². The third kappa shape index (κ3) is 7.46. The highest BCUT2D eigenvalue weighted by Gasteiger charge is 2.04. The molecule has 0 aliphatic rings. The molecular weight excluding hydrogens is 344 g/mol. The van der Waals surface area contributed by atoms with E-state index in [9.17, 15) is 0 Å². The molecule has 5 nitrogen and oxygen atoms in total. The summed E-state index contributed by atoms with van der Waals surface area (Å²) in [6.07, 6.45) is 3.39. The van der Waals surface area contributed by atoms with Crippen molar-refractivity contribution >= 4 is 0 Å². The Morgan fingerprint density at radius 1 is 0.556 bits per heavy atom. The summed E-state index contributed by atoms with van der Waals surface area (Å²) in [5.41, 5.74) is 0. The van der Waals surface area contributed by atoms with Crippen molar-refractivity contribution in [3.63, 3.8) is 0 Å². The van der Waals surface area contributed by atoms with Gasteiger partial charge in [0.05, 0.1) is 13.2 Å². The molecule has 0 atom stereocenters. The summed E-state index contributed by atoms with van der Waals surface area (Å²) in [6, 6.07) is 15.0. The molecule has 2 rings (SSSR count). The number of hydrogen-bond acceptors (Lipinski definition) is 5. The van der Waals surface area contributed by atoms with E-state index in [4.69, 9.17) is 23.7 Å². The monoisotopic (exact) mass is 370 g/mol. The third-order valence-electron chi connectivity index (χ3n) is 3.38. The lowest BCUT2D eigenvalue weighted by atomic mass is 10.3. The Morgan fingerprint density at radius 2 is 0.926 bits per heavy atom. The normalized spacial score (nSPS) is 10.1. The van der Waals surface area contributed by atoms with Gasteiger partial charge >= 0.3 is 0 Å². The fourth-order valence-corrected chi connectivity index (χ4v) is 2.20. The summed E-state index contributed by atoms with van der Waals surface area (Å²) in [5.74, 6) is 2.76. The van der Waals surface area contributed by atoms with E-state index in [-0.39, 0.29) is 0 Å². The summed E-state index contributed by atoms with van der Waals surface area (Å²) in [5, 5.41) is 0. The van der Waals surface area contributed by atoms with E-state index in [0.29, 0.717) is 62.6 Å². The van der Waals surface area contributed by atoms with Gasteiger partial charge in [-0.15, -0.1) is 0 Å². The lowest BCUT2D eigenvalue weighted by molar-refractivity contribution is 0.0748. The van der Waals surface area contributed by atoms with Crippen molar-refractivity contribution in [2.45, 2.75) is 0 Å². The zero-order chi connectivity index (χ0) is 19.2. The molecule has 2 aromatic rings. The van der Waals surface area contributed by atoms with Gasteiger partial charge in [-0.05, 0) is 24.3 Å². The van der Waals surface area contributed by atoms with Crippen LogP contribution in [0, 0.1) is 0 Å². The Balaban J connectivity index is 1.64. The molecular formula is C22H26O5. The summed E-state index contributed by atoms with van der Waals surface area (Å²) >= 11 is 0. The predicted octanol–water partition coefficient (Wildman–Crippen LogP) is 4.29. The maximum Gasteiger partial charge on any atom is 0.161 e. The van der Waals surface area contributed by atoms with Gasteiger partial charge in [-0.3, -0.25) is 0 Å². The molecule has 2 aromatic carbocycles. The maximum absolute atomic E-state index is 5.71. The first-order chi connectivity index (χ1) is 13.3. The van der Waals surface area contributed by atoms with Crippen molar-refractivity contribution in [1.29, 1.82) is 0 Å². The van der Waals surface area contributed by atoms with E-state index < -0.39 is 0 Å². The van der Waals surface area contributed by atoms with Gasteiger partial charge in [0.2, 0.25) is 0 Å². The standard InChI is InChI=1S/C22H26O5/c1-3-13-24-19-9-5-7-11-21(19)26-17-15-23-16-18-27-22-12-8-6-10-20(22)25-14-4-2/h3-12H,1-2,13-18H2. The molecule has 0 spiro atoms. The molecule has 0 amide bonds. The zero-order valence-electron chi connectivity index (χ0n) is 15.5. The molecule has 0 aliphatic carbocycles. The minimum Gasteiger partial charge on any atom is -0.487 e. The lowest BCUT2D eigenvalue weighted by Crippen LogP contribution is -2.12. The molecule has 0 heterocycles. The Bertz CT molecular complexity index is 639. The molecule has 0 radical (unpaired) electrons. The first kappa shape index (κ1) is 20.4. The van der Waals surface area contributed by atoms with Gasteiger partial charge in [0.1, 0.15) is 26.4 Å². The van der Waals surface area contributed by atoms with E-state index in [1.165, 1.54) is 0 Å². The van der Waals surface area contributed by atoms with Crippen LogP contribution in [-0.2, 0) is 4.74 Å². The number of ether oxygens (including phenoxy) is 5.